The number of aryl methyl sites for hydroxylation is 2. The zero-order chi connectivity index (χ0) is 14.8. The molecule has 0 aromatic carbocycles. The minimum atomic E-state index is -3.49. The summed E-state index contributed by atoms with van der Waals surface area (Å²) in [6.45, 7) is 8.67. The second-order valence-corrected chi connectivity index (χ2v) is 7.01. The van der Waals surface area contributed by atoms with E-state index in [-0.39, 0.29) is 11.1 Å². The van der Waals surface area contributed by atoms with Crippen LogP contribution >= 0.6 is 0 Å². The normalized spacial score (nSPS) is 19.9. The highest BCUT2D eigenvalue weighted by atomic mass is 32.2. The van der Waals surface area contributed by atoms with Crippen LogP contribution in [0.4, 0.5) is 0 Å². The first-order valence-electron chi connectivity index (χ1n) is 7.27. The van der Waals surface area contributed by atoms with E-state index >= 15 is 0 Å². The molecular formula is C13H24N4O2S. The molecule has 0 saturated carbocycles. The first-order valence-corrected chi connectivity index (χ1v) is 8.71. The summed E-state index contributed by atoms with van der Waals surface area (Å²) in [6, 6.07) is 0.0432. The Balaban J connectivity index is 2.30. The van der Waals surface area contributed by atoms with Gasteiger partial charge in [-0.2, -0.15) is 4.31 Å². The number of rotatable bonds is 6. The summed E-state index contributed by atoms with van der Waals surface area (Å²) >= 11 is 0. The Morgan fingerprint density at radius 3 is 2.80 bits per heavy atom. The third-order valence-electron chi connectivity index (χ3n) is 3.74. The SMILES string of the molecule is CCCn1cc(S(=O)(=O)N(CC)C2CCNC2)nc1C. The van der Waals surface area contributed by atoms with Crippen molar-refractivity contribution in [2.75, 3.05) is 19.6 Å². The average molecular weight is 300 g/mol. The number of hydrogen-bond donors (Lipinski definition) is 1. The molecule has 2 heterocycles. The Kier molecular flexibility index (Phi) is 4.82. The molecule has 1 atom stereocenters. The molecule has 0 bridgehead atoms. The fourth-order valence-corrected chi connectivity index (χ4v) is 4.36. The zero-order valence-corrected chi connectivity index (χ0v) is 13.3. The molecule has 0 spiro atoms. The summed E-state index contributed by atoms with van der Waals surface area (Å²) < 4.78 is 29.0. The Labute approximate surface area is 121 Å². The van der Waals surface area contributed by atoms with E-state index in [0.717, 1.165) is 38.3 Å². The van der Waals surface area contributed by atoms with Crippen molar-refractivity contribution in [3.05, 3.63) is 12.0 Å². The van der Waals surface area contributed by atoms with Crippen molar-refractivity contribution in [3.63, 3.8) is 0 Å². The van der Waals surface area contributed by atoms with Gasteiger partial charge in [0.15, 0.2) is 5.03 Å². The molecular weight excluding hydrogens is 276 g/mol. The molecule has 0 amide bonds. The van der Waals surface area contributed by atoms with Crippen LogP contribution in [0.5, 0.6) is 0 Å². The molecule has 1 aliphatic heterocycles. The molecule has 1 N–H and O–H groups in total. The minimum Gasteiger partial charge on any atom is -0.334 e. The number of nitrogens with zero attached hydrogens (tertiary/aromatic N) is 3. The third kappa shape index (κ3) is 2.89. The molecule has 114 valence electrons. The predicted octanol–water partition coefficient (Wildman–Crippen LogP) is 0.974. The van der Waals surface area contributed by atoms with E-state index in [9.17, 15) is 8.42 Å². The topological polar surface area (TPSA) is 67.2 Å². The van der Waals surface area contributed by atoms with E-state index in [2.05, 4.69) is 17.2 Å². The summed E-state index contributed by atoms with van der Waals surface area (Å²) in [6.07, 6.45) is 3.49. The number of sulfonamides is 1. The predicted molar refractivity (Wildman–Crippen MR) is 78.1 cm³/mol. The molecule has 6 nitrogen and oxygen atoms in total. The van der Waals surface area contributed by atoms with Gasteiger partial charge in [0, 0.05) is 31.9 Å². The highest BCUT2D eigenvalue weighted by Gasteiger charge is 2.33. The van der Waals surface area contributed by atoms with Crippen molar-refractivity contribution in [3.8, 4) is 0 Å². The summed E-state index contributed by atoms with van der Waals surface area (Å²) in [5.74, 6) is 0.756. The van der Waals surface area contributed by atoms with Gasteiger partial charge in [-0.1, -0.05) is 13.8 Å². The molecule has 20 heavy (non-hydrogen) atoms. The summed E-state index contributed by atoms with van der Waals surface area (Å²) in [7, 11) is -3.49. The molecule has 0 radical (unpaired) electrons. The lowest BCUT2D eigenvalue weighted by Gasteiger charge is -2.25. The van der Waals surface area contributed by atoms with Crippen LogP contribution in [0.2, 0.25) is 0 Å². The quantitative estimate of drug-likeness (QED) is 0.850. The molecule has 0 aliphatic carbocycles. The van der Waals surface area contributed by atoms with Crippen LogP contribution in [0.25, 0.3) is 0 Å². The second-order valence-electron chi connectivity index (χ2n) is 5.17. The molecule has 1 aliphatic rings. The van der Waals surface area contributed by atoms with E-state index in [0.29, 0.717) is 6.54 Å². The minimum absolute atomic E-state index is 0.0432. The first kappa shape index (κ1) is 15.5. The Hall–Kier alpha value is -0.920. The van der Waals surface area contributed by atoms with Crippen LogP contribution in [0, 0.1) is 6.92 Å². The lowest BCUT2D eigenvalue weighted by molar-refractivity contribution is 0.347. The Bertz CT molecular complexity index is 547. The smallest absolute Gasteiger partial charge is 0.262 e. The van der Waals surface area contributed by atoms with E-state index in [1.807, 2.05) is 18.4 Å². The number of likely N-dealkylation sites (N-methyl/N-ethyl adjacent to an activating group) is 1. The molecule has 2 rings (SSSR count). The van der Waals surface area contributed by atoms with E-state index in [4.69, 9.17) is 0 Å². The van der Waals surface area contributed by atoms with Gasteiger partial charge in [0.05, 0.1) is 0 Å². The maximum atomic E-state index is 12.7. The van der Waals surface area contributed by atoms with E-state index in [1.54, 1.807) is 10.5 Å². The van der Waals surface area contributed by atoms with Crippen LogP contribution in [-0.2, 0) is 16.6 Å². The summed E-state index contributed by atoms with van der Waals surface area (Å²) in [5, 5.41) is 3.39. The Morgan fingerprint density at radius 2 is 2.25 bits per heavy atom. The van der Waals surface area contributed by atoms with Crippen LogP contribution in [0.15, 0.2) is 11.2 Å². The largest absolute Gasteiger partial charge is 0.334 e. The second kappa shape index (κ2) is 6.24. The van der Waals surface area contributed by atoms with E-state index < -0.39 is 10.0 Å². The molecule has 1 saturated heterocycles. The fraction of sp³-hybridized carbons (Fsp3) is 0.769. The lowest BCUT2D eigenvalue weighted by atomic mass is 10.3. The highest BCUT2D eigenvalue weighted by molar-refractivity contribution is 7.89. The molecule has 1 unspecified atom stereocenters. The van der Waals surface area contributed by atoms with Gasteiger partial charge >= 0.3 is 0 Å². The van der Waals surface area contributed by atoms with Gasteiger partial charge in [-0.3, -0.25) is 0 Å². The van der Waals surface area contributed by atoms with Crippen LogP contribution < -0.4 is 5.32 Å². The lowest BCUT2D eigenvalue weighted by Crippen LogP contribution is -2.41. The molecule has 7 heteroatoms. The zero-order valence-electron chi connectivity index (χ0n) is 12.5. The molecule has 1 fully saturated rings. The van der Waals surface area contributed by atoms with Gasteiger partial charge in [0.1, 0.15) is 5.82 Å². The monoisotopic (exact) mass is 300 g/mol. The third-order valence-corrected chi connectivity index (χ3v) is 5.64. The molecule has 1 aromatic heterocycles. The Morgan fingerprint density at radius 1 is 1.50 bits per heavy atom. The number of nitrogens with one attached hydrogen (secondary N) is 1. The van der Waals surface area contributed by atoms with Gasteiger partial charge in [-0.25, -0.2) is 13.4 Å². The maximum absolute atomic E-state index is 12.7. The van der Waals surface area contributed by atoms with Crippen LogP contribution in [0.3, 0.4) is 0 Å². The number of aromatic nitrogens is 2. The van der Waals surface area contributed by atoms with Gasteiger partial charge < -0.3 is 9.88 Å². The van der Waals surface area contributed by atoms with Crippen molar-refractivity contribution in [2.45, 2.75) is 51.2 Å². The van der Waals surface area contributed by atoms with E-state index in [1.165, 1.54) is 0 Å². The van der Waals surface area contributed by atoms with Crippen molar-refractivity contribution >= 4 is 10.0 Å². The van der Waals surface area contributed by atoms with Crippen molar-refractivity contribution < 1.29 is 8.42 Å². The van der Waals surface area contributed by atoms with Crippen molar-refractivity contribution in [1.82, 2.24) is 19.2 Å². The van der Waals surface area contributed by atoms with Gasteiger partial charge in [-0.15, -0.1) is 0 Å². The van der Waals surface area contributed by atoms with Gasteiger partial charge in [0.25, 0.3) is 10.0 Å². The van der Waals surface area contributed by atoms with Gasteiger partial charge in [-0.05, 0) is 26.3 Å². The maximum Gasteiger partial charge on any atom is 0.262 e. The van der Waals surface area contributed by atoms with Crippen molar-refractivity contribution in [2.24, 2.45) is 0 Å². The van der Waals surface area contributed by atoms with Crippen LogP contribution in [-0.4, -0.2) is 48.0 Å². The van der Waals surface area contributed by atoms with Crippen molar-refractivity contribution in [1.29, 1.82) is 0 Å². The van der Waals surface area contributed by atoms with Gasteiger partial charge in [0.2, 0.25) is 0 Å². The summed E-state index contributed by atoms with van der Waals surface area (Å²) in [5.41, 5.74) is 0. The first-order chi connectivity index (χ1) is 9.50. The van der Waals surface area contributed by atoms with Crippen LogP contribution in [0.1, 0.15) is 32.5 Å². The average Bonchev–Trinajstić information content (AvgIpc) is 3.02. The summed E-state index contributed by atoms with van der Waals surface area (Å²) in [4.78, 5) is 4.25. The highest BCUT2D eigenvalue weighted by Crippen LogP contribution is 2.20. The number of imidazole rings is 1. The standard InChI is InChI=1S/C13H24N4O2S/c1-4-8-16-10-13(15-11(16)3)20(18,19)17(5-2)12-6-7-14-9-12/h10,12,14H,4-9H2,1-3H3. The number of hydrogen-bond acceptors (Lipinski definition) is 4. The molecule has 1 aromatic rings. The fourth-order valence-electron chi connectivity index (χ4n) is 2.70.